The molecule has 1 aromatic rings. The van der Waals surface area contributed by atoms with Gasteiger partial charge in [0.1, 0.15) is 0 Å². The van der Waals surface area contributed by atoms with E-state index < -0.39 is 9.84 Å². The van der Waals surface area contributed by atoms with Crippen molar-refractivity contribution in [3.63, 3.8) is 0 Å². The number of anilines is 1. The van der Waals surface area contributed by atoms with E-state index in [1.807, 2.05) is 11.9 Å². The van der Waals surface area contributed by atoms with Crippen LogP contribution in [0.1, 0.15) is 13.3 Å². The Morgan fingerprint density at radius 1 is 1.26 bits per heavy atom. The van der Waals surface area contributed by atoms with Crippen LogP contribution in [0.3, 0.4) is 0 Å². The van der Waals surface area contributed by atoms with Crippen molar-refractivity contribution in [2.24, 2.45) is 0 Å². The number of nitrogens with zero attached hydrogens (tertiary/aromatic N) is 1. The highest BCUT2D eigenvalue weighted by molar-refractivity contribution is 7.91. The molecule has 0 saturated heterocycles. The van der Waals surface area contributed by atoms with Crippen molar-refractivity contribution < 1.29 is 17.9 Å². The lowest BCUT2D eigenvalue weighted by atomic mass is 10.3. The fraction of sp³-hybridized carbons (Fsp3) is 0.462. The van der Waals surface area contributed by atoms with Gasteiger partial charge in [0.15, 0.2) is 9.84 Å². The first-order valence-electron chi connectivity index (χ1n) is 6.01. The summed E-state index contributed by atoms with van der Waals surface area (Å²) >= 11 is 0. The monoisotopic (exact) mass is 285 g/mol. The molecule has 0 radical (unpaired) electrons. The van der Waals surface area contributed by atoms with E-state index in [9.17, 15) is 13.2 Å². The third-order valence-electron chi connectivity index (χ3n) is 2.90. The van der Waals surface area contributed by atoms with E-state index in [0.29, 0.717) is 17.9 Å². The molecule has 106 valence electrons. The summed E-state index contributed by atoms with van der Waals surface area (Å²) in [6, 6.07) is 6.64. The van der Waals surface area contributed by atoms with E-state index >= 15 is 0 Å². The second kappa shape index (κ2) is 6.56. The molecular formula is C13H19NO4S. The Morgan fingerprint density at radius 2 is 1.84 bits per heavy atom. The summed E-state index contributed by atoms with van der Waals surface area (Å²) < 4.78 is 27.9. The Kier molecular flexibility index (Phi) is 5.35. The number of carbonyl (C=O) groups excluding carboxylic acids is 1. The molecule has 0 spiro atoms. The SMILES string of the molecule is CCS(=O)(=O)c1ccc(N(C)CCC(=O)OC)cc1. The van der Waals surface area contributed by atoms with Crippen molar-refractivity contribution >= 4 is 21.5 Å². The van der Waals surface area contributed by atoms with Crippen LogP contribution in [0.4, 0.5) is 5.69 Å². The van der Waals surface area contributed by atoms with Crippen LogP contribution in [0, 0.1) is 0 Å². The molecule has 1 aromatic carbocycles. The molecule has 0 aliphatic carbocycles. The highest BCUT2D eigenvalue weighted by Gasteiger charge is 2.12. The minimum atomic E-state index is -3.16. The van der Waals surface area contributed by atoms with Crippen LogP contribution in [0.5, 0.6) is 0 Å². The summed E-state index contributed by atoms with van der Waals surface area (Å²) in [6.07, 6.45) is 0.294. The Morgan fingerprint density at radius 3 is 2.32 bits per heavy atom. The number of benzene rings is 1. The number of hydrogen-bond acceptors (Lipinski definition) is 5. The molecule has 0 aliphatic rings. The molecule has 0 aliphatic heterocycles. The van der Waals surface area contributed by atoms with Gasteiger partial charge in [-0.2, -0.15) is 0 Å². The van der Waals surface area contributed by atoms with Crippen LogP contribution in [-0.4, -0.2) is 40.8 Å². The van der Waals surface area contributed by atoms with Crippen LogP contribution >= 0.6 is 0 Å². The highest BCUT2D eigenvalue weighted by atomic mass is 32.2. The first kappa shape index (κ1) is 15.5. The molecule has 0 aromatic heterocycles. The number of sulfone groups is 1. The second-order valence-corrected chi connectivity index (χ2v) is 6.42. The molecule has 0 fully saturated rings. The Hall–Kier alpha value is -1.56. The van der Waals surface area contributed by atoms with E-state index in [2.05, 4.69) is 4.74 Å². The zero-order valence-electron chi connectivity index (χ0n) is 11.4. The zero-order valence-corrected chi connectivity index (χ0v) is 12.2. The first-order valence-corrected chi connectivity index (χ1v) is 7.66. The van der Waals surface area contributed by atoms with Crippen molar-refractivity contribution in [3.05, 3.63) is 24.3 Å². The van der Waals surface area contributed by atoms with Crippen molar-refractivity contribution in [1.29, 1.82) is 0 Å². The Balaban J connectivity index is 2.74. The van der Waals surface area contributed by atoms with Crippen molar-refractivity contribution in [1.82, 2.24) is 0 Å². The first-order chi connectivity index (χ1) is 8.90. The van der Waals surface area contributed by atoms with E-state index in [-0.39, 0.29) is 11.7 Å². The fourth-order valence-corrected chi connectivity index (χ4v) is 2.45. The maximum absolute atomic E-state index is 11.7. The number of carbonyl (C=O) groups is 1. The number of esters is 1. The van der Waals surface area contributed by atoms with Gasteiger partial charge in [-0.25, -0.2) is 8.42 Å². The van der Waals surface area contributed by atoms with Crippen LogP contribution in [0.15, 0.2) is 29.2 Å². The van der Waals surface area contributed by atoms with Gasteiger partial charge in [0.2, 0.25) is 0 Å². The molecule has 5 nitrogen and oxygen atoms in total. The van der Waals surface area contributed by atoms with Crippen LogP contribution < -0.4 is 4.90 Å². The van der Waals surface area contributed by atoms with E-state index in [1.165, 1.54) is 7.11 Å². The molecule has 6 heteroatoms. The molecule has 0 saturated carbocycles. The summed E-state index contributed by atoms with van der Waals surface area (Å²) in [6.45, 7) is 2.14. The predicted octanol–water partition coefficient (Wildman–Crippen LogP) is 1.48. The molecule has 0 unspecified atom stereocenters. The Bertz CT molecular complexity index is 522. The molecule has 0 N–H and O–H groups in total. The number of rotatable bonds is 6. The molecular weight excluding hydrogens is 266 g/mol. The number of methoxy groups -OCH3 is 1. The summed E-state index contributed by atoms with van der Waals surface area (Å²) in [5.74, 6) is -0.179. The van der Waals surface area contributed by atoms with Gasteiger partial charge in [-0.3, -0.25) is 4.79 Å². The molecule has 1 rings (SSSR count). The van der Waals surface area contributed by atoms with Gasteiger partial charge in [0, 0.05) is 19.3 Å². The largest absolute Gasteiger partial charge is 0.469 e. The number of hydrogen-bond donors (Lipinski definition) is 0. The van der Waals surface area contributed by atoms with E-state index in [0.717, 1.165) is 5.69 Å². The van der Waals surface area contributed by atoms with Gasteiger partial charge in [-0.05, 0) is 24.3 Å². The maximum atomic E-state index is 11.7. The summed E-state index contributed by atoms with van der Waals surface area (Å²) in [5, 5.41) is 0. The van der Waals surface area contributed by atoms with Crippen molar-refractivity contribution in [2.45, 2.75) is 18.2 Å². The summed E-state index contributed by atoms with van der Waals surface area (Å²) in [5.41, 5.74) is 0.860. The average Bonchev–Trinajstić information content (AvgIpc) is 2.44. The standard InChI is InChI=1S/C13H19NO4S/c1-4-19(16,17)12-7-5-11(6-8-12)14(2)10-9-13(15)18-3/h5-8H,4,9-10H2,1-3H3. The van der Waals surface area contributed by atoms with Crippen molar-refractivity contribution in [2.75, 3.05) is 31.4 Å². The molecule has 0 atom stereocenters. The van der Waals surface area contributed by atoms with E-state index in [1.54, 1.807) is 31.2 Å². The summed E-state index contributed by atoms with van der Waals surface area (Å²) in [4.78, 5) is 13.2. The fourth-order valence-electron chi connectivity index (χ4n) is 1.56. The lowest BCUT2D eigenvalue weighted by Crippen LogP contribution is -2.21. The highest BCUT2D eigenvalue weighted by Crippen LogP contribution is 2.18. The third-order valence-corrected chi connectivity index (χ3v) is 4.65. The van der Waals surface area contributed by atoms with Gasteiger partial charge in [0.05, 0.1) is 24.2 Å². The van der Waals surface area contributed by atoms with Gasteiger partial charge in [-0.1, -0.05) is 6.92 Å². The molecule has 0 bridgehead atoms. The normalized spacial score (nSPS) is 11.1. The van der Waals surface area contributed by atoms with Gasteiger partial charge in [-0.15, -0.1) is 0 Å². The average molecular weight is 285 g/mol. The smallest absolute Gasteiger partial charge is 0.307 e. The van der Waals surface area contributed by atoms with Gasteiger partial charge >= 0.3 is 5.97 Å². The van der Waals surface area contributed by atoms with Crippen LogP contribution in [-0.2, 0) is 19.4 Å². The topological polar surface area (TPSA) is 63.7 Å². The minimum Gasteiger partial charge on any atom is -0.469 e. The lowest BCUT2D eigenvalue weighted by molar-refractivity contribution is -0.140. The third kappa shape index (κ3) is 4.24. The lowest BCUT2D eigenvalue weighted by Gasteiger charge is -2.18. The van der Waals surface area contributed by atoms with Crippen molar-refractivity contribution in [3.8, 4) is 0 Å². The zero-order chi connectivity index (χ0) is 14.5. The molecule has 0 heterocycles. The molecule has 0 amide bonds. The summed E-state index contributed by atoms with van der Waals surface area (Å²) in [7, 11) is 0.0305. The second-order valence-electron chi connectivity index (χ2n) is 4.15. The van der Waals surface area contributed by atoms with Gasteiger partial charge in [0.25, 0.3) is 0 Å². The predicted molar refractivity (Wildman–Crippen MR) is 74.1 cm³/mol. The quantitative estimate of drug-likeness (QED) is 0.741. The van der Waals surface area contributed by atoms with Crippen LogP contribution in [0.25, 0.3) is 0 Å². The van der Waals surface area contributed by atoms with E-state index in [4.69, 9.17) is 0 Å². The van der Waals surface area contributed by atoms with Gasteiger partial charge < -0.3 is 9.64 Å². The Labute approximate surface area is 114 Å². The molecule has 19 heavy (non-hydrogen) atoms. The van der Waals surface area contributed by atoms with Crippen LogP contribution in [0.2, 0.25) is 0 Å². The minimum absolute atomic E-state index is 0.0878. The number of ether oxygens (including phenoxy) is 1. The maximum Gasteiger partial charge on any atom is 0.307 e.